The SMILES string of the molecule is c1cc(-c2ccsc2)c2nc(-c3n[nH]c4cnc(-c5cncc(OC6CCCCC6)c5)cc34)[nH]c2n1. The van der Waals surface area contributed by atoms with Crippen molar-refractivity contribution in [3.05, 3.63) is 59.8 Å². The van der Waals surface area contributed by atoms with E-state index in [0.29, 0.717) is 5.82 Å². The number of hydrogen-bond donors (Lipinski definition) is 2. The quantitative estimate of drug-likeness (QED) is 0.288. The Kier molecular flexibility index (Phi) is 5.20. The molecule has 6 aromatic rings. The van der Waals surface area contributed by atoms with Gasteiger partial charge in [0.15, 0.2) is 11.5 Å². The molecule has 9 heteroatoms. The van der Waals surface area contributed by atoms with Crippen molar-refractivity contribution in [1.29, 1.82) is 0 Å². The number of H-pyrrole nitrogens is 2. The van der Waals surface area contributed by atoms with Crippen LogP contribution in [0.3, 0.4) is 0 Å². The fourth-order valence-electron chi connectivity index (χ4n) is 4.93. The van der Waals surface area contributed by atoms with Gasteiger partial charge in [0.1, 0.15) is 17.0 Å². The maximum absolute atomic E-state index is 6.23. The minimum Gasteiger partial charge on any atom is -0.489 e. The second kappa shape index (κ2) is 8.83. The van der Waals surface area contributed by atoms with Crippen molar-refractivity contribution in [2.75, 3.05) is 0 Å². The summed E-state index contributed by atoms with van der Waals surface area (Å²) in [6.45, 7) is 0. The molecule has 6 aromatic heterocycles. The molecule has 0 bridgehead atoms. The molecule has 0 amide bonds. The van der Waals surface area contributed by atoms with E-state index in [0.717, 1.165) is 68.7 Å². The number of nitrogens with zero attached hydrogens (tertiary/aromatic N) is 5. The van der Waals surface area contributed by atoms with Crippen molar-refractivity contribution in [1.82, 2.24) is 35.1 Å². The molecule has 8 nitrogen and oxygen atoms in total. The Hall–Kier alpha value is -4.11. The molecule has 0 unspecified atom stereocenters. The van der Waals surface area contributed by atoms with Crippen LogP contribution in [0.25, 0.3) is 56.0 Å². The van der Waals surface area contributed by atoms with E-state index in [-0.39, 0.29) is 6.10 Å². The van der Waals surface area contributed by atoms with Gasteiger partial charge in [-0.25, -0.2) is 9.97 Å². The zero-order valence-electron chi connectivity index (χ0n) is 19.4. The van der Waals surface area contributed by atoms with Gasteiger partial charge in [0.05, 0.1) is 29.7 Å². The van der Waals surface area contributed by atoms with Gasteiger partial charge in [-0.3, -0.25) is 15.1 Å². The Morgan fingerprint density at radius 1 is 0.972 bits per heavy atom. The van der Waals surface area contributed by atoms with Gasteiger partial charge in [0, 0.05) is 28.9 Å². The third kappa shape index (κ3) is 3.81. The molecule has 1 aliphatic rings. The van der Waals surface area contributed by atoms with Crippen LogP contribution in [0.4, 0.5) is 0 Å². The lowest BCUT2D eigenvalue weighted by molar-refractivity contribution is 0.154. The predicted molar refractivity (Wildman–Crippen MR) is 141 cm³/mol. The summed E-state index contributed by atoms with van der Waals surface area (Å²) < 4.78 is 6.23. The van der Waals surface area contributed by atoms with E-state index in [1.54, 1.807) is 29.9 Å². The maximum atomic E-state index is 6.23. The second-order valence-corrected chi connectivity index (χ2v) is 9.91. The van der Waals surface area contributed by atoms with Gasteiger partial charge in [-0.05, 0) is 66.3 Å². The van der Waals surface area contributed by atoms with E-state index < -0.39 is 0 Å². The molecule has 7 rings (SSSR count). The zero-order chi connectivity index (χ0) is 23.9. The minimum absolute atomic E-state index is 0.271. The Labute approximate surface area is 210 Å². The van der Waals surface area contributed by atoms with Crippen LogP contribution in [0.15, 0.2) is 59.8 Å². The number of rotatable bonds is 5. The van der Waals surface area contributed by atoms with Crippen molar-refractivity contribution < 1.29 is 4.74 Å². The molecule has 0 radical (unpaired) electrons. The summed E-state index contributed by atoms with van der Waals surface area (Å²) in [6.07, 6.45) is 13.4. The topological polar surface area (TPSA) is 105 Å². The first kappa shape index (κ1) is 21.2. The average Bonchev–Trinajstić information content (AvgIpc) is 3.68. The molecule has 0 atom stereocenters. The van der Waals surface area contributed by atoms with Gasteiger partial charge in [-0.2, -0.15) is 16.4 Å². The normalized spacial score (nSPS) is 14.6. The van der Waals surface area contributed by atoms with Gasteiger partial charge < -0.3 is 9.72 Å². The summed E-state index contributed by atoms with van der Waals surface area (Å²) in [5.74, 6) is 1.45. The molecule has 1 aliphatic carbocycles. The summed E-state index contributed by atoms with van der Waals surface area (Å²) in [7, 11) is 0. The van der Waals surface area contributed by atoms with Crippen LogP contribution in [-0.2, 0) is 0 Å². The van der Waals surface area contributed by atoms with Crippen LogP contribution in [-0.4, -0.2) is 41.2 Å². The second-order valence-electron chi connectivity index (χ2n) is 9.13. The van der Waals surface area contributed by atoms with Gasteiger partial charge in [-0.1, -0.05) is 6.42 Å². The lowest BCUT2D eigenvalue weighted by atomic mass is 9.98. The van der Waals surface area contributed by atoms with E-state index in [1.165, 1.54) is 19.3 Å². The Morgan fingerprint density at radius 2 is 1.92 bits per heavy atom. The highest BCUT2D eigenvalue weighted by Gasteiger charge is 2.18. The number of imidazole rings is 1. The first-order valence-corrected chi connectivity index (χ1v) is 13.1. The van der Waals surface area contributed by atoms with E-state index in [1.807, 2.05) is 24.4 Å². The fourth-order valence-corrected chi connectivity index (χ4v) is 5.58. The van der Waals surface area contributed by atoms with E-state index >= 15 is 0 Å². The number of hydrogen-bond acceptors (Lipinski definition) is 7. The summed E-state index contributed by atoms with van der Waals surface area (Å²) in [6, 6.07) is 8.13. The number of thiophene rings is 1. The zero-order valence-corrected chi connectivity index (χ0v) is 20.3. The summed E-state index contributed by atoms with van der Waals surface area (Å²) >= 11 is 1.66. The third-order valence-electron chi connectivity index (χ3n) is 6.75. The standard InChI is InChI=1S/C27H23N7OS/c1-2-4-18(5-3-1)35-19-10-17(12-28-13-19)22-11-21-23(14-30-22)33-34-25(21)27-31-24-20(16-7-9-36-15-16)6-8-29-26(24)32-27/h6-15,18H,1-5H2,(H,33,34)(H,29,31,32). The van der Waals surface area contributed by atoms with Crippen LogP contribution in [0.5, 0.6) is 5.75 Å². The lowest BCUT2D eigenvalue weighted by Crippen LogP contribution is -2.19. The number of fused-ring (bicyclic) bond motifs is 2. The van der Waals surface area contributed by atoms with Gasteiger partial charge in [0.25, 0.3) is 0 Å². The summed E-state index contributed by atoms with van der Waals surface area (Å²) in [4.78, 5) is 21.8. The molecule has 2 N–H and O–H groups in total. The molecular formula is C27H23N7OS. The van der Waals surface area contributed by atoms with Crippen molar-refractivity contribution in [3.63, 3.8) is 0 Å². The van der Waals surface area contributed by atoms with Crippen LogP contribution < -0.4 is 4.74 Å². The molecular weight excluding hydrogens is 470 g/mol. The Bertz CT molecular complexity index is 1660. The van der Waals surface area contributed by atoms with Gasteiger partial charge in [0.2, 0.25) is 0 Å². The smallest absolute Gasteiger partial charge is 0.160 e. The minimum atomic E-state index is 0.271. The highest BCUT2D eigenvalue weighted by molar-refractivity contribution is 7.08. The summed E-state index contributed by atoms with van der Waals surface area (Å²) in [5, 5.41) is 12.8. The molecule has 0 aromatic carbocycles. The lowest BCUT2D eigenvalue weighted by Gasteiger charge is -2.22. The van der Waals surface area contributed by atoms with Crippen LogP contribution in [0, 0.1) is 0 Å². The molecule has 1 fully saturated rings. The number of ether oxygens (including phenoxy) is 1. The monoisotopic (exact) mass is 493 g/mol. The van der Waals surface area contributed by atoms with Gasteiger partial charge >= 0.3 is 0 Å². The Balaban J connectivity index is 1.26. The molecule has 178 valence electrons. The van der Waals surface area contributed by atoms with Crippen LogP contribution in [0.2, 0.25) is 0 Å². The van der Waals surface area contributed by atoms with E-state index in [2.05, 4.69) is 47.0 Å². The van der Waals surface area contributed by atoms with Crippen LogP contribution >= 0.6 is 11.3 Å². The maximum Gasteiger partial charge on any atom is 0.160 e. The molecule has 1 saturated carbocycles. The predicted octanol–water partition coefficient (Wildman–Crippen LogP) is 6.40. The highest BCUT2D eigenvalue weighted by Crippen LogP contribution is 2.33. The third-order valence-corrected chi connectivity index (χ3v) is 7.44. The molecule has 0 saturated heterocycles. The first-order valence-electron chi connectivity index (χ1n) is 12.2. The fraction of sp³-hybridized carbons (Fsp3) is 0.222. The number of nitrogens with one attached hydrogen (secondary N) is 2. The van der Waals surface area contributed by atoms with Crippen LogP contribution in [0.1, 0.15) is 32.1 Å². The Morgan fingerprint density at radius 3 is 2.81 bits per heavy atom. The van der Waals surface area contributed by atoms with Crippen molar-refractivity contribution in [2.24, 2.45) is 0 Å². The highest BCUT2D eigenvalue weighted by atomic mass is 32.1. The number of pyridine rings is 3. The molecule has 6 heterocycles. The molecule has 36 heavy (non-hydrogen) atoms. The molecule has 0 aliphatic heterocycles. The number of aromatic amines is 2. The van der Waals surface area contributed by atoms with Crippen molar-refractivity contribution in [3.8, 4) is 39.7 Å². The van der Waals surface area contributed by atoms with Crippen molar-refractivity contribution in [2.45, 2.75) is 38.2 Å². The average molecular weight is 494 g/mol. The van der Waals surface area contributed by atoms with E-state index in [4.69, 9.17) is 9.72 Å². The number of aromatic nitrogens is 7. The largest absolute Gasteiger partial charge is 0.489 e. The first-order chi connectivity index (χ1) is 17.8. The van der Waals surface area contributed by atoms with Crippen molar-refractivity contribution >= 4 is 33.4 Å². The summed E-state index contributed by atoms with van der Waals surface area (Å²) in [5.41, 5.74) is 7.01. The molecule has 0 spiro atoms. The van der Waals surface area contributed by atoms with Gasteiger partial charge in [-0.15, -0.1) is 0 Å². The van der Waals surface area contributed by atoms with E-state index in [9.17, 15) is 0 Å².